The van der Waals surface area contributed by atoms with Gasteiger partial charge in [-0.1, -0.05) is 24.6 Å². The average molecular weight is 266 g/mol. The van der Waals surface area contributed by atoms with E-state index in [0.717, 1.165) is 10.9 Å². The minimum Gasteiger partial charge on any atom is -0.359 e. The van der Waals surface area contributed by atoms with Gasteiger partial charge in [0.25, 0.3) is 0 Å². The van der Waals surface area contributed by atoms with Crippen LogP contribution in [0.1, 0.15) is 38.5 Å². The normalized spacial score (nSPS) is 25.7. The highest BCUT2D eigenvalue weighted by Crippen LogP contribution is 2.37. The number of thioether (sulfide) groups is 1. The molecule has 2 nitrogen and oxygen atoms in total. The Bertz CT molecular complexity index is 296. The molecule has 1 aliphatic heterocycles. The third-order valence-corrected chi connectivity index (χ3v) is 4.49. The third kappa shape index (κ3) is 3.79. The van der Waals surface area contributed by atoms with E-state index in [9.17, 15) is 13.2 Å². The van der Waals surface area contributed by atoms with E-state index in [1.165, 1.54) is 25.7 Å². The van der Waals surface area contributed by atoms with Gasteiger partial charge in [0, 0.05) is 24.3 Å². The van der Waals surface area contributed by atoms with Crippen molar-refractivity contribution in [3.63, 3.8) is 0 Å². The van der Waals surface area contributed by atoms with Crippen LogP contribution in [0.5, 0.6) is 0 Å². The first kappa shape index (κ1) is 13.1. The maximum Gasteiger partial charge on any atom is 0.389 e. The van der Waals surface area contributed by atoms with E-state index in [0.29, 0.717) is 0 Å². The molecule has 2 fully saturated rings. The van der Waals surface area contributed by atoms with Crippen LogP contribution in [0.15, 0.2) is 4.99 Å². The monoisotopic (exact) mass is 266 g/mol. The number of hydrogen-bond acceptors (Lipinski definition) is 2. The smallest absolute Gasteiger partial charge is 0.359 e. The number of aliphatic imine (C=N–C) groups is 1. The molecule has 0 unspecified atom stereocenters. The lowest BCUT2D eigenvalue weighted by atomic mass is 10.0. The van der Waals surface area contributed by atoms with Gasteiger partial charge in [0.05, 0.1) is 0 Å². The molecule has 98 valence electrons. The van der Waals surface area contributed by atoms with Crippen molar-refractivity contribution in [2.24, 2.45) is 4.99 Å². The van der Waals surface area contributed by atoms with Crippen LogP contribution in [0.25, 0.3) is 0 Å². The lowest BCUT2D eigenvalue weighted by Gasteiger charge is -2.21. The fraction of sp³-hybridized carbons (Fsp3) is 0.909. The summed E-state index contributed by atoms with van der Waals surface area (Å²) in [5.41, 5.74) is 0.202. The van der Waals surface area contributed by atoms with Crippen LogP contribution in [-0.2, 0) is 0 Å². The maximum atomic E-state index is 11.9. The molecule has 0 radical (unpaired) electrons. The first-order valence-electron chi connectivity index (χ1n) is 6.01. The van der Waals surface area contributed by atoms with Crippen LogP contribution < -0.4 is 5.32 Å². The molecule has 0 atom stereocenters. The van der Waals surface area contributed by atoms with E-state index < -0.39 is 12.6 Å². The van der Waals surface area contributed by atoms with Gasteiger partial charge in [0.2, 0.25) is 0 Å². The molecule has 1 heterocycles. The summed E-state index contributed by atoms with van der Waals surface area (Å²) in [6.07, 6.45) is 0.123. The highest BCUT2D eigenvalue weighted by molar-refractivity contribution is 8.14. The van der Waals surface area contributed by atoms with Gasteiger partial charge in [-0.2, -0.15) is 13.2 Å². The molecule has 1 aliphatic carbocycles. The van der Waals surface area contributed by atoms with E-state index >= 15 is 0 Å². The van der Waals surface area contributed by atoms with Crippen LogP contribution >= 0.6 is 11.8 Å². The van der Waals surface area contributed by atoms with Crippen LogP contribution in [-0.4, -0.2) is 29.2 Å². The standard InChI is InChI=1S/C11H17F3N2S/c12-11(13,14)6-3-7-15-9-16-10(8-17-9)4-1-2-5-10/h1-8H2,(H,15,16). The van der Waals surface area contributed by atoms with Gasteiger partial charge in [0.15, 0.2) is 5.17 Å². The summed E-state index contributed by atoms with van der Waals surface area (Å²) >= 11 is 1.65. The second-order valence-electron chi connectivity index (χ2n) is 4.81. The van der Waals surface area contributed by atoms with E-state index in [1.54, 1.807) is 11.8 Å². The van der Waals surface area contributed by atoms with E-state index in [4.69, 9.17) is 0 Å². The molecule has 0 aromatic rings. The number of alkyl halides is 3. The molecular formula is C11H17F3N2S. The highest BCUT2D eigenvalue weighted by atomic mass is 32.2. The lowest BCUT2D eigenvalue weighted by molar-refractivity contribution is -0.134. The largest absolute Gasteiger partial charge is 0.389 e. The van der Waals surface area contributed by atoms with Crippen LogP contribution in [0.4, 0.5) is 13.2 Å². The van der Waals surface area contributed by atoms with Crippen molar-refractivity contribution in [2.75, 3.05) is 12.3 Å². The summed E-state index contributed by atoms with van der Waals surface area (Å²) in [6, 6.07) is 0. The summed E-state index contributed by atoms with van der Waals surface area (Å²) in [5.74, 6) is 1.02. The summed E-state index contributed by atoms with van der Waals surface area (Å²) in [7, 11) is 0. The molecule has 1 spiro atoms. The number of rotatable bonds is 3. The second kappa shape index (κ2) is 5.08. The Morgan fingerprint density at radius 3 is 2.65 bits per heavy atom. The van der Waals surface area contributed by atoms with Crippen molar-refractivity contribution in [1.29, 1.82) is 0 Å². The zero-order valence-corrected chi connectivity index (χ0v) is 10.5. The number of nitrogens with one attached hydrogen (secondary N) is 1. The number of hydrogen-bond donors (Lipinski definition) is 1. The fourth-order valence-corrected chi connectivity index (χ4v) is 3.62. The Labute approximate surface area is 103 Å². The van der Waals surface area contributed by atoms with E-state index in [-0.39, 0.29) is 18.5 Å². The summed E-state index contributed by atoms with van der Waals surface area (Å²) < 4.78 is 35.8. The van der Waals surface area contributed by atoms with Crippen LogP contribution in [0, 0.1) is 0 Å². The topological polar surface area (TPSA) is 24.4 Å². The van der Waals surface area contributed by atoms with Crippen LogP contribution in [0.2, 0.25) is 0 Å². The molecule has 2 aliphatic rings. The Morgan fingerprint density at radius 1 is 1.29 bits per heavy atom. The van der Waals surface area contributed by atoms with Gasteiger partial charge >= 0.3 is 6.18 Å². The Hall–Kier alpha value is -0.390. The molecule has 6 heteroatoms. The first-order chi connectivity index (χ1) is 7.99. The summed E-state index contributed by atoms with van der Waals surface area (Å²) in [6.45, 7) is 0.269. The second-order valence-corrected chi connectivity index (χ2v) is 5.77. The maximum absolute atomic E-state index is 11.9. The van der Waals surface area contributed by atoms with Gasteiger partial charge < -0.3 is 5.32 Å². The minimum atomic E-state index is -4.05. The average Bonchev–Trinajstić information content (AvgIpc) is 2.84. The predicted molar refractivity (Wildman–Crippen MR) is 64.4 cm³/mol. The molecule has 17 heavy (non-hydrogen) atoms. The van der Waals surface area contributed by atoms with Crippen molar-refractivity contribution in [3.8, 4) is 0 Å². The van der Waals surface area contributed by atoms with Gasteiger partial charge in [-0.25, -0.2) is 0 Å². The van der Waals surface area contributed by atoms with Gasteiger partial charge in [-0.3, -0.25) is 4.99 Å². The molecule has 0 aromatic carbocycles. The van der Waals surface area contributed by atoms with Gasteiger partial charge in [0.1, 0.15) is 0 Å². The van der Waals surface area contributed by atoms with E-state index in [1.807, 2.05) is 0 Å². The lowest BCUT2D eigenvalue weighted by Crippen LogP contribution is -2.40. The molecule has 0 aromatic heterocycles. The number of nitrogens with zero attached hydrogens (tertiary/aromatic N) is 1. The number of halogens is 3. The number of amidine groups is 1. The summed E-state index contributed by atoms with van der Waals surface area (Å²) in [4.78, 5) is 4.21. The molecule has 2 rings (SSSR count). The van der Waals surface area contributed by atoms with Crippen LogP contribution in [0.3, 0.4) is 0 Å². The SMILES string of the molecule is FC(F)(F)CCCN=C1NC2(CCCC2)CS1. The van der Waals surface area contributed by atoms with E-state index in [2.05, 4.69) is 10.3 Å². The molecule has 1 N–H and O–H groups in total. The third-order valence-electron chi connectivity index (χ3n) is 3.29. The van der Waals surface area contributed by atoms with Crippen molar-refractivity contribution < 1.29 is 13.2 Å². The molecule has 0 bridgehead atoms. The first-order valence-corrected chi connectivity index (χ1v) is 7.00. The zero-order valence-electron chi connectivity index (χ0n) is 9.65. The zero-order chi connectivity index (χ0) is 12.4. The molecule has 1 saturated carbocycles. The van der Waals surface area contributed by atoms with Gasteiger partial charge in [-0.15, -0.1) is 0 Å². The predicted octanol–water partition coefficient (Wildman–Crippen LogP) is 3.33. The van der Waals surface area contributed by atoms with Crippen molar-refractivity contribution in [2.45, 2.75) is 50.2 Å². The van der Waals surface area contributed by atoms with Crippen molar-refractivity contribution in [1.82, 2.24) is 5.32 Å². The Kier molecular flexibility index (Phi) is 3.90. The molecule has 0 amide bonds. The Morgan fingerprint density at radius 2 is 2.00 bits per heavy atom. The fourth-order valence-electron chi connectivity index (χ4n) is 2.37. The quantitative estimate of drug-likeness (QED) is 0.792. The molecule has 1 saturated heterocycles. The van der Waals surface area contributed by atoms with Crippen molar-refractivity contribution >= 4 is 16.9 Å². The van der Waals surface area contributed by atoms with Gasteiger partial charge in [-0.05, 0) is 19.3 Å². The minimum absolute atomic E-state index is 0.0856. The summed E-state index contributed by atoms with van der Waals surface area (Å²) in [5, 5.41) is 4.24. The Balaban J connectivity index is 1.73. The highest BCUT2D eigenvalue weighted by Gasteiger charge is 2.39. The van der Waals surface area contributed by atoms with Crippen molar-refractivity contribution in [3.05, 3.63) is 0 Å². The molecular weight excluding hydrogens is 249 g/mol.